The zero-order chi connectivity index (χ0) is 10.7. The van der Waals surface area contributed by atoms with Gasteiger partial charge in [-0.25, -0.2) is 0 Å². The monoisotopic (exact) mass is 211 g/mol. The Hall–Kier alpha value is -0.610. The first-order chi connectivity index (χ1) is 7.25. The summed E-state index contributed by atoms with van der Waals surface area (Å²) in [6.45, 7) is 6.98. The van der Waals surface area contributed by atoms with Crippen LogP contribution in [0.1, 0.15) is 19.8 Å². The summed E-state index contributed by atoms with van der Waals surface area (Å²) in [4.78, 5) is 13.6. The van der Waals surface area contributed by atoms with Crippen molar-refractivity contribution in [2.45, 2.75) is 25.8 Å². The van der Waals surface area contributed by atoms with Crippen LogP contribution in [0.3, 0.4) is 0 Å². The van der Waals surface area contributed by atoms with Crippen molar-refractivity contribution in [2.24, 2.45) is 5.92 Å². The van der Waals surface area contributed by atoms with Gasteiger partial charge in [0, 0.05) is 12.6 Å². The molecule has 0 aromatic carbocycles. The highest BCUT2D eigenvalue weighted by Gasteiger charge is 2.24. The van der Waals surface area contributed by atoms with Crippen LogP contribution in [0.4, 0.5) is 0 Å². The summed E-state index contributed by atoms with van der Waals surface area (Å²) >= 11 is 0. The standard InChI is InChI=1S/C11H21N3O/c1-9-6-13-11(15)8-14(9)5-3-10-2-4-12-7-10/h9-10,12H,2-8H2,1H3,(H,13,15). The minimum Gasteiger partial charge on any atom is -0.353 e. The number of amides is 1. The van der Waals surface area contributed by atoms with Crippen LogP contribution < -0.4 is 10.6 Å². The van der Waals surface area contributed by atoms with Crippen molar-refractivity contribution >= 4 is 5.91 Å². The lowest BCUT2D eigenvalue weighted by Gasteiger charge is -2.33. The topological polar surface area (TPSA) is 44.4 Å². The maximum absolute atomic E-state index is 11.3. The van der Waals surface area contributed by atoms with Crippen molar-refractivity contribution in [3.05, 3.63) is 0 Å². The number of piperazine rings is 1. The van der Waals surface area contributed by atoms with E-state index in [1.807, 2.05) is 0 Å². The third-order valence-electron chi connectivity index (χ3n) is 3.55. The molecule has 1 amide bonds. The van der Waals surface area contributed by atoms with Gasteiger partial charge in [0.25, 0.3) is 0 Å². The van der Waals surface area contributed by atoms with E-state index in [2.05, 4.69) is 22.5 Å². The van der Waals surface area contributed by atoms with Crippen LogP contribution in [0.5, 0.6) is 0 Å². The van der Waals surface area contributed by atoms with Gasteiger partial charge in [-0.3, -0.25) is 9.69 Å². The lowest BCUT2D eigenvalue weighted by molar-refractivity contribution is -0.125. The Bertz CT molecular complexity index is 226. The Morgan fingerprint density at radius 3 is 3.07 bits per heavy atom. The molecular weight excluding hydrogens is 190 g/mol. The first-order valence-corrected chi connectivity index (χ1v) is 5.97. The number of nitrogens with zero attached hydrogens (tertiary/aromatic N) is 1. The predicted octanol–water partition coefficient (Wildman–Crippen LogP) is -0.194. The average Bonchev–Trinajstić information content (AvgIpc) is 2.72. The molecule has 2 rings (SSSR count). The lowest BCUT2D eigenvalue weighted by Crippen LogP contribution is -2.53. The van der Waals surface area contributed by atoms with Gasteiger partial charge in [0.2, 0.25) is 5.91 Å². The molecule has 2 heterocycles. The molecule has 2 saturated heterocycles. The van der Waals surface area contributed by atoms with Crippen LogP contribution in [0.25, 0.3) is 0 Å². The van der Waals surface area contributed by atoms with Gasteiger partial charge in [0.1, 0.15) is 0 Å². The molecule has 0 aromatic rings. The molecule has 2 aliphatic rings. The molecule has 0 bridgehead atoms. The summed E-state index contributed by atoms with van der Waals surface area (Å²) in [6.07, 6.45) is 2.53. The van der Waals surface area contributed by atoms with E-state index in [9.17, 15) is 4.79 Å². The van der Waals surface area contributed by atoms with Crippen molar-refractivity contribution < 1.29 is 4.79 Å². The van der Waals surface area contributed by atoms with Crippen LogP contribution in [0.15, 0.2) is 0 Å². The van der Waals surface area contributed by atoms with Gasteiger partial charge in [0.15, 0.2) is 0 Å². The second-order valence-electron chi connectivity index (χ2n) is 4.77. The second-order valence-corrected chi connectivity index (χ2v) is 4.77. The zero-order valence-electron chi connectivity index (χ0n) is 9.46. The fraction of sp³-hybridized carbons (Fsp3) is 0.909. The smallest absolute Gasteiger partial charge is 0.234 e. The van der Waals surface area contributed by atoms with Crippen molar-refractivity contribution in [1.82, 2.24) is 15.5 Å². The normalized spacial score (nSPS) is 33.0. The Kier molecular flexibility index (Phi) is 3.59. The molecule has 2 atom stereocenters. The third kappa shape index (κ3) is 2.92. The molecule has 2 aliphatic heterocycles. The van der Waals surface area contributed by atoms with E-state index in [4.69, 9.17) is 0 Å². The Labute approximate surface area is 91.4 Å². The summed E-state index contributed by atoms with van der Waals surface area (Å²) in [6, 6.07) is 0.497. The van der Waals surface area contributed by atoms with E-state index in [1.165, 1.54) is 19.4 Å². The molecule has 0 spiro atoms. The zero-order valence-corrected chi connectivity index (χ0v) is 9.46. The van der Waals surface area contributed by atoms with E-state index in [0.29, 0.717) is 12.6 Å². The summed E-state index contributed by atoms with van der Waals surface area (Å²) in [5.41, 5.74) is 0. The molecular formula is C11H21N3O. The van der Waals surface area contributed by atoms with E-state index in [1.54, 1.807) is 0 Å². The van der Waals surface area contributed by atoms with Crippen molar-refractivity contribution in [3.8, 4) is 0 Å². The number of carbonyl (C=O) groups is 1. The highest BCUT2D eigenvalue weighted by Crippen LogP contribution is 2.14. The van der Waals surface area contributed by atoms with E-state index in [-0.39, 0.29) is 5.91 Å². The van der Waals surface area contributed by atoms with Gasteiger partial charge in [-0.2, -0.15) is 0 Å². The van der Waals surface area contributed by atoms with Crippen LogP contribution in [-0.4, -0.2) is 49.6 Å². The molecule has 2 fully saturated rings. The summed E-state index contributed by atoms with van der Waals surface area (Å²) in [5.74, 6) is 1.000. The summed E-state index contributed by atoms with van der Waals surface area (Å²) in [5, 5.41) is 6.28. The quantitative estimate of drug-likeness (QED) is 0.680. The average molecular weight is 211 g/mol. The fourth-order valence-corrected chi connectivity index (χ4v) is 2.40. The van der Waals surface area contributed by atoms with E-state index in [0.717, 1.165) is 25.6 Å². The van der Waals surface area contributed by atoms with Crippen LogP contribution in [0, 0.1) is 5.92 Å². The molecule has 0 radical (unpaired) electrons. The lowest BCUT2D eigenvalue weighted by atomic mass is 10.0. The highest BCUT2D eigenvalue weighted by atomic mass is 16.2. The maximum Gasteiger partial charge on any atom is 0.234 e. The van der Waals surface area contributed by atoms with Crippen molar-refractivity contribution in [2.75, 3.05) is 32.7 Å². The number of hydrogen-bond acceptors (Lipinski definition) is 3. The molecule has 2 unspecified atom stereocenters. The Morgan fingerprint density at radius 2 is 2.33 bits per heavy atom. The summed E-state index contributed by atoms with van der Waals surface area (Å²) in [7, 11) is 0. The molecule has 0 saturated carbocycles. The maximum atomic E-state index is 11.3. The molecule has 86 valence electrons. The minimum absolute atomic E-state index is 0.178. The van der Waals surface area contributed by atoms with Crippen molar-refractivity contribution in [3.63, 3.8) is 0 Å². The molecule has 0 aromatic heterocycles. The van der Waals surface area contributed by atoms with Crippen molar-refractivity contribution in [1.29, 1.82) is 0 Å². The first kappa shape index (κ1) is 10.9. The van der Waals surface area contributed by atoms with Gasteiger partial charge in [-0.1, -0.05) is 0 Å². The van der Waals surface area contributed by atoms with Gasteiger partial charge in [0.05, 0.1) is 6.54 Å². The SMILES string of the molecule is CC1CNC(=O)CN1CCC1CCNC1. The van der Waals surface area contributed by atoms with E-state index < -0.39 is 0 Å². The van der Waals surface area contributed by atoms with Crippen LogP contribution in [0.2, 0.25) is 0 Å². The molecule has 4 nitrogen and oxygen atoms in total. The third-order valence-corrected chi connectivity index (χ3v) is 3.55. The van der Waals surface area contributed by atoms with Crippen LogP contribution >= 0.6 is 0 Å². The number of rotatable bonds is 3. The van der Waals surface area contributed by atoms with Gasteiger partial charge >= 0.3 is 0 Å². The number of carbonyl (C=O) groups excluding carboxylic acids is 1. The largest absolute Gasteiger partial charge is 0.353 e. The predicted molar refractivity (Wildman–Crippen MR) is 59.6 cm³/mol. The second kappa shape index (κ2) is 4.94. The number of nitrogens with one attached hydrogen (secondary N) is 2. The molecule has 2 N–H and O–H groups in total. The Balaban J connectivity index is 1.74. The molecule has 4 heteroatoms. The van der Waals surface area contributed by atoms with E-state index >= 15 is 0 Å². The fourth-order valence-electron chi connectivity index (χ4n) is 2.40. The highest BCUT2D eigenvalue weighted by molar-refractivity contribution is 5.78. The van der Waals surface area contributed by atoms with Gasteiger partial charge in [-0.05, 0) is 45.3 Å². The van der Waals surface area contributed by atoms with Gasteiger partial charge < -0.3 is 10.6 Å². The number of hydrogen-bond donors (Lipinski definition) is 2. The molecule has 15 heavy (non-hydrogen) atoms. The molecule has 0 aliphatic carbocycles. The minimum atomic E-state index is 0.178. The van der Waals surface area contributed by atoms with Gasteiger partial charge in [-0.15, -0.1) is 0 Å². The summed E-state index contributed by atoms with van der Waals surface area (Å²) < 4.78 is 0. The first-order valence-electron chi connectivity index (χ1n) is 5.97. The van der Waals surface area contributed by atoms with Crippen LogP contribution in [-0.2, 0) is 4.79 Å². The Morgan fingerprint density at radius 1 is 1.47 bits per heavy atom.